The predicted molar refractivity (Wildman–Crippen MR) is 101 cm³/mol. The second-order valence-electron chi connectivity index (χ2n) is 6.83. The summed E-state index contributed by atoms with van der Waals surface area (Å²) in [5.41, 5.74) is 0.782. The van der Waals surface area contributed by atoms with Gasteiger partial charge in [-0.05, 0) is 30.9 Å². The lowest BCUT2D eigenvalue weighted by Crippen LogP contribution is -2.23. The minimum atomic E-state index is -4.52. The number of pyridine rings is 1. The number of imidazole rings is 1. The van der Waals surface area contributed by atoms with E-state index >= 15 is 0 Å². The van der Waals surface area contributed by atoms with E-state index in [0.717, 1.165) is 30.2 Å². The van der Waals surface area contributed by atoms with E-state index in [0.29, 0.717) is 29.4 Å². The molecular formula is C19H14F4N6O2. The molecule has 0 saturated heterocycles. The molecule has 0 amide bonds. The van der Waals surface area contributed by atoms with Gasteiger partial charge in [0, 0.05) is 30.4 Å². The number of H-pyrrole nitrogens is 2. The maximum atomic E-state index is 12.1. The lowest BCUT2D eigenvalue weighted by Gasteiger charge is -2.05. The zero-order valence-corrected chi connectivity index (χ0v) is 15.7. The molecule has 0 radical (unpaired) electrons. The summed E-state index contributed by atoms with van der Waals surface area (Å²) in [7, 11) is 0. The van der Waals surface area contributed by atoms with E-state index in [1.54, 1.807) is 16.9 Å². The van der Waals surface area contributed by atoms with Crippen molar-refractivity contribution in [2.75, 3.05) is 0 Å². The number of aromatic amines is 2. The molecule has 1 saturated carbocycles. The summed E-state index contributed by atoms with van der Waals surface area (Å²) in [6.45, 7) is 0. The quantitative estimate of drug-likeness (QED) is 0.472. The van der Waals surface area contributed by atoms with Crippen molar-refractivity contribution >= 4 is 5.65 Å². The maximum absolute atomic E-state index is 12.1. The zero-order chi connectivity index (χ0) is 22.2. The number of alkyl halides is 3. The molecule has 8 nitrogen and oxygen atoms in total. The molecule has 4 heterocycles. The van der Waals surface area contributed by atoms with Crippen molar-refractivity contribution in [2.24, 2.45) is 0 Å². The van der Waals surface area contributed by atoms with Gasteiger partial charge in [0.2, 0.25) is 0 Å². The Labute approximate surface area is 170 Å². The molecule has 4 aromatic rings. The highest BCUT2D eigenvalue weighted by Crippen LogP contribution is 2.42. The van der Waals surface area contributed by atoms with Gasteiger partial charge in [0.05, 0.1) is 23.0 Å². The molecule has 1 fully saturated rings. The molecule has 1 aliphatic carbocycles. The van der Waals surface area contributed by atoms with Crippen LogP contribution < -0.4 is 11.2 Å². The van der Waals surface area contributed by atoms with Crippen LogP contribution >= 0.6 is 0 Å². The Morgan fingerprint density at radius 1 is 1.13 bits per heavy atom. The van der Waals surface area contributed by atoms with Crippen molar-refractivity contribution < 1.29 is 17.6 Å². The van der Waals surface area contributed by atoms with Crippen LogP contribution in [-0.2, 0) is 6.18 Å². The van der Waals surface area contributed by atoms with E-state index in [9.17, 15) is 27.2 Å². The fourth-order valence-electron chi connectivity index (χ4n) is 2.93. The summed E-state index contributed by atoms with van der Waals surface area (Å²) < 4.78 is 49.1. The highest BCUT2D eigenvalue weighted by atomic mass is 19.4. The summed E-state index contributed by atoms with van der Waals surface area (Å²) >= 11 is 0. The standard InChI is InChI=1S/C13H11N5O2.C6H3F4N/c19-12-9(6-15-13(20)16-12)10-5-8(7-1-2-7)11-14-3-4-18(11)17-10;7-5-1-4(2-11-3-5)6(8,9)10/h3-7H,1-2H2,(H2,15,16,19,20);1-3H. The topological polar surface area (TPSA) is 109 Å². The van der Waals surface area contributed by atoms with Crippen LogP contribution in [0.15, 0.2) is 52.7 Å². The maximum Gasteiger partial charge on any atom is 0.417 e. The van der Waals surface area contributed by atoms with E-state index in [1.807, 2.05) is 6.07 Å². The van der Waals surface area contributed by atoms with Gasteiger partial charge in [-0.3, -0.25) is 14.8 Å². The fraction of sp³-hybridized carbons (Fsp3) is 0.211. The average molecular weight is 434 g/mol. The van der Waals surface area contributed by atoms with Gasteiger partial charge >= 0.3 is 11.9 Å². The lowest BCUT2D eigenvalue weighted by molar-refractivity contribution is -0.138. The molecule has 0 atom stereocenters. The Bertz CT molecular complexity index is 1350. The average Bonchev–Trinajstić information content (AvgIpc) is 3.44. The van der Waals surface area contributed by atoms with Gasteiger partial charge in [0.1, 0.15) is 5.82 Å². The summed E-state index contributed by atoms with van der Waals surface area (Å²) in [6, 6.07) is 2.29. The van der Waals surface area contributed by atoms with Crippen molar-refractivity contribution in [3.8, 4) is 11.3 Å². The monoisotopic (exact) mass is 434 g/mol. The third-order valence-corrected chi connectivity index (χ3v) is 4.53. The number of halogens is 4. The molecule has 0 spiro atoms. The summed E-state index contributed by atoms with van der Waals surface area (Å²) in [5, 5.41) is 4.38. The molecule has 0 bridgehead atoms. The summed E-state index contributed by atoms with van der Waals surface area (Å²) in [4.78, 5) is 35.0. The van der Waals surface area contributed by atoms with Crippen LogP contribution in [0.3, 0.4) is 0 Å². The number of aromatic nitrogens is 6. The van der Waals surface area contributed by atoms with Gasteiger partial charge in [0.25, 0.3) is 5.56 Å². The first-order valence-corrected chi connectivity index (χ1v) is 9.07. The van der Waals surface area contributed by atoms with Crippen molar-refractivity contribution in [2.45, 2.75) is 24.9 Å². The first-order chi connectivity index (χ1) is 14.7. The van der Waals surface area contributed by atoms with Crippen LogP contribution in [0, 0.1) is 5.82 Å². The zero-order valence-electron chi connectivity index (χ0n) is 15.7. The molecule has 2 N–H and O–H groups in total. The van der Waals surface area contributed by atoms with Gasteiger partial charge in [0.15, 0.2) is 5.65 Å². The number of fused-ring (bicyclic) bond motifs is 1. The highest BCUT2D eigenvalue weighted by molar-refractivity contribution is 5.62. The van der Waals surface area contributed by atoms with Crippen LogP contribution in [0.5, 0.6) is 0 Å². The highest BCUT2D eigenvalue weighted by Gasteiger charge is 2.31. The number of nitrogens with zero attached hydrogens (tertiary/aromatic N) is 4. The molecule has 12 heteroatoms. The van der Waals surface area contributed by atoms with Crippen LogP contribution in [0.25, 0.3) is 16.9 Å². The van der Waals surface area contributed by atoms with Crippen LogP contribution in [0.2, 0.25) is 0 Å². The number of hydrogen-bond acceptors (Lipinski definition) is 5. The van der Waals surface area contributed by atoms with E-state index in [1.165, 1.54) is 6.20 Å². The Morgan fingerprint density at radius 3 is 2.52 bits per heavy atom. The van der Waals surface area contributed by atoms with E-state index in [2.05, 4.69) is 25.0 Å². The normalized spacial score (nSPS) is 13.7. The minimum absolute atomic E-state index is 0.349. The molecule has 160 valence electrons. The Hall–Kier alpha value is -3.83. The fourth-order valence-corrected chi connectivity index (χ4v) is 2.93. The van der Waals surface area contributed by atoms with Crippen molar-refractivity contribution in [3.05, 3.63) is 80.9 Å². The first-order valence-electron chi connectivity index (χ1n) is 9.07. The Morgan fingerprint density at radius 2 is 1.90 bits per heavy atom. The summed E-state index contributed by atoms with van der Waals surface area (Å²) in [5.74, 6) is -0.497. The predicted octanol–water partition coefficient (Wildman–Crippen LogP) is 2.89. The van der Waals surface area contributed by atoms with Gasteiger partial charge in [-0.25, -0.2) is 18.7 Å². The largest absolute Gasteiger partial charge is 0.417 e. The molecule has 4 aromatic heterocycles. The summed E-state index contributed by atoms with van der Waals surface area (Å²) in [6.07, 6.45) is 3.87. The molecule has 31 heavy (non-hydrogen) atoms. The third-order valence-electron chi connectivity index (χ3n) is 4.53. The van der Waals surface area contributed by atoms with Gasteiger partial charge in [-0.2, -0.15) is 18.3 Å². The van der Waals surface area contributed by atoms with Crippen LogP contribution in [0.1, 0.15) is 29.9 Å². The molecular weight excluding hydrogens is 420 g/mol. The van der Waals surface area contributed by atoms with Gasteiger partial charge in [-0.15, -0.1) is 0 Å². The number of hydrogen-bond donors (Lipinski definition) is 2. The lowest BCUT2D eigenvalue weighted by atomic mass is 10.1. The Kier molecular flexibility index (Phi) is 5.13. The van der Waals surface area contributed by atoms with E-state index in [-0.39, 0.29) is 0 Å². The third kappa shape index (κ3) is 4.52. The van der Waals surface area contributed by atoms with E-state index in [4.69, 9.17) is 0 Å². The smallest absolute Gasteiger partial charge is 0.313 e. The van der Waals surface area contributed by atoms with E-state index < -0.39 is 28.8 Å². The van der Waals surface area contributed by atoms with Gasteiger partial charge < -0.3 is 4.98 Å². The Balaban J connectivity index is 0.000000180. The molecule has 0 unspecified atom stereocenters. The minimum Gasteiger partial charge on any atom is -0.313 e. The molecule has 1 aliphatic rings. The molecule has 5 rings (SSSR count). The second kappa shape index (κ2) is 7.78. The first kappa shape index (κ1) is 20.4. The van der Waals surface area contributed by atoms with Crippen LogP contribution in [0.4, 0.5) is 17.6 Å². The van der Waals surface area contributed by atoms with Crippen molar-refractivity contribution in [3.63, 3.8) is 0 Å². The molecule has 0 aliphatic heterocycles. The number of nitrogens with one attached hydrogen (secondary N) is 2. The van der Waals surface area contributed by atoms with Gasteiger partial charge in [-0.1, -0.05) is 0 Å². The molecule has 0 aromatic carbocycles. The van der Waals surface area contributed by atoms with Crippen molar-refractivity contribution in [1.29, 1.82) is 0 Å². The van der Waals surface area contributed by atoms with Crippen LogP contribution in [-0.4, -0.2) is 29.5 Å². The second-order valence-corrected chi connectivity index (χ2v) is 6.83. The SMILES string of the molecule is Fc1cncc(C(F)(F)F)c1.O=c1[nH]cc(-c2cc(C3CC3)c3nccn3n2)c(=O)[nH]1. The van der Waals surface area contributed by atoms with Crippen molar-refractivity contribution in [1.82, 2.24) is 29.5 Å². The number of rotatable bonds is 2.